The van der Waals surface area contributed by atoms with Crippen molar-refractivity contribution in [3.05, 3.63) is 53.7 Å². The number of pyridine rings is 1. The molecule has 134 valence electrons. The first-order valence-corrected chi connectivity index (χ1v) is 8.20. The molecule has 1 heterocycles. The van der Waals surface area contributed by atoms with Crippen LogP contribution in [0.15, 0.2) is 47.6 Å². The Hall–Kier alpha value is -2.99. The normalized spacial score (nSPS) is 11.5. The summed E-state index contributed by atoms with van der Waals surface area (Å²) in [7, 11) is 0. The van der Waals surface area contributed by atoms with E-state index in [9.17, 15) is 18.4 Å². The van der Waals surface area contributed by atoms with Crippen molar-refractivity contribution in [1.29, 1.82) is 5.26 Å². The summed E-state index contributed by atoms with van der Waals surface area (Å²) < 4.78 is 30.1. The number of carbonyl (C=O) groups is 2. The molecule has 0 radical (unpaired) electrons. The molecule has 26 heavy (non-hydrogen) atoms. The summed E-state index contributed by atoms with van der Waals surface area (Å²) in [5.74, 6) is -4.31. The van der Waals surface area contributed by atoms with E-state index in [0.29, 0.717) is 11.3 Å². The van der Waals surface area contributed by atoms with Crippen LogP contribution in [-0.2, 0) is 9.53 Å². The first-order valence-electron chi connectivity index (χ1n) is 7.32. The predicted octanol–water partition coefficient (Wildman–Crippen LogP) is 3.45. The van der Waals surface area contributed by atoms with Gasteiger partial charge in [-0.15, -0.1) is 0 Å². The lowest BCUT2D eigenvalue weighted by Crippen LogP contribution is -2.30. The van der Waals surface area contributed by atoms with Crippen molar-refractivity contribution in [2.45, 2.75) is 23.8 Å². The number of benzene rings is 1. The number of thioether (sulfide) groups is 1. The summed E-state index contributed by atoms with van der Waals surface area (Å²) in [6, 6.07) is 10.8. The summed E-state index contributed by atoms with van der Waals surface area (Å²) in [6.07, 6.45) is 0.0950. The molecule has 0 bridgehead atoms. The lowest BCUT2D eigenvalue weighted by molar-refractivity contribution is -0.123. The summed E-state index contributed by atoms with van der Waals surface area (Å²) in [5.41, 5.74) is 0.577. The molecule has 0 aliphatic carbocycles. The quantitative estimate of drug-likeness (QED) is 0.612. The molecule has 1 atom stereocenters. The number of alkyl halides is 2. The number of carbonyl (C=O) groups excluding carboxylic acids is 2. The minimum absolute atomic E-state index is 0.119. The average Bonchev–Trinajstić information content (AvgIpc) is 2.61. The van der Waals surface area contributed by atoms with Gasteiger partial charge in [0.05, 0.1) is 17.2 Å². The minimum Gasteiger partial charge on any atom is -0.449 e. The fraction of sp³-hybridized carbons (Fsp3) is 0.176. The topological polar surface area (TPSA) is 92.1 Å². The second-order valence-corrected chi connectivity index (χ2v) is 5.94. The van der Waals surface area contributed by atoms with E-state index in [0.717, 1.165) is 0 Å². The van der Waals surface area contributed by atoms with E-state index >= 15 is 0 Å². The number of hydrogen-bond donors (Lipinski definition) is 1. The lowest BCUT2D eigenvalue weighted by atomic mass is 10.2. The Balaban J connectivity index is 2.04. The number of anilines is 1. The van der Waals surface area contributed by atoms with Crippen LogP contribution in [0.2, 0.25) is 0 Å². The molecule has 1 aromatic heterocycles. The molecule has 1 aromatic carbocycles. The van der Waals surface area contributed by atoms with Crippen LogP contribution < -0.4 is 5.32 Å². The third kappa shape index (κ3) is 5.26. The summed E-state index contributed by atoms with van der Waals surface area (Å²) in [6.45, 7) is 1.34. The van der Waals surface area contributed by atoms with Gasteiger partial charge in [0, 0.05) is 11.9 Å². The van der Waals surface area contributed by atoms with Crippen LogP contribution in [0.3, 0.4) is 0 Å². The molecule has 2 rings (SSSR count). The first-order chi connectivity index (χ1) is 12.4. The number of hydrogen-bond acceptors (Lipinski definition) is 6. The highest BCUT2D eigenvalue weighted by molar-refractivity contribution is 7.99. The molecule has 6 nitrogen and oxygen atoms in total. The van der Waals surface area contributed by atoms with Crippen LogP contribution in [-0.4, -0.2) is 28.7 Å². The molecular weight excluding hydrogens is 364 g/mol. The van der Waals surface area contributed by atoms with E-state index in [1.807, 2.05) is 6.07 Å². The van der Waals surface area contributed by atoms with Gasteiger partial charge in [-0.1, -0.05) is 6.07 Å². The lowest BCUT2D eigenvalue weighted by Gasteiger charge is -2.14. The number of nitrogens with one attached hydrogen (secondary N) is 1. The van der Waals surface area contributed by atoms with Gasteiger partial charge in [0.25, 0.3) is 11.7 Å². The molecule has 0 saturated carbocycles. The number of nitrogens with zero attached hydrogens (tertiary/aromatic N) is 2. The van der Waals surface area contributed by atoms with E-state index in [1.54, 1.807) is 18.2 Å². The monoisotopic (exact) mass is 377 g/mol. The highest BCUT2D eigenvalue weighted by Crippen LogP contribution is 2.27. The van der Waals surface area contributed by atoms with Gasteiger partial charge in [0.2, 0.25) is 0 Å². The number of halogens is 2. The zero-order valence-electron chi connectivity index (χ0n) is 13.5. The summed E-state index contributed by atoms with van der Waals surface area (Å²) in [4.78, 5) is 28.0. The Bertz CT molecular complexity index is 855. The number of nitriles is 1. The van der Waals surface area contributed by atoms with Crippen molar-refractivity contribution in [1.82, 2.24) is 4.98 Å². The Morgan fingerprint density at radius 2 is 2.08 bits per heavy atom. The van der Waals surface area contributed by atoms with E-state index in [1.165, 1.54) is 31.3 Å². The maximum Gasteiger partial charge on any atom is 0.341 e. The third-order valence-electron chi connectivity index (χ3n) is 3.10. The number of rotatable bonds is 6. The molecule has 9 heteroatoms. The third-order valence-corrected chi connectivity index (χ3v) is 3.83. The van der Waals surface area contributed by atoms with Gasteiger partial charge in [-0.25, -0.2) is 9.78 Å². The van der Waals surface area contributed by atoms with Crippen molar-refractivity contribution in [3.63, 3.8) is 0 Å². The zero-order valence-corrected chi connectivity index (χ0v) is 14.3. The maximum atomic E-state index is 12.5. The van der Waals surface area contributed by atoms with Gasteiger partial charge in [-0.3, -0.25) is 4.79 Å². The van der Waals surface area contributed by atoms with E-state index in [4.69, 9.17) is 10.00 Å². The Kier molecular flexibility index (Phi) is 6.63. The fourth-order valence-electron chi connectivity index (χ4n) is 1.91. The van der Waals surface area contributed by atoms with Crippen LogP contribution in [0.25, 0.3) is 0 Å². The maximum absolute atomic E-state index is 12.5. The largest absolute Gasteiger partial charge is 0.449 e. The Morgan fingerprint density at radius 3 is 2.77 bits per heavy atom. The first kappa shape index (κ1) is 19.3. The number of amides is 1. The minimum atomic E-state index is -2.75. The van der Waals surface area contributed by atoms with Crippen LogP contribution in [0.5, 0.6) is 0 Å². The van der Waals surface area contributed by atoms with Gasteiger partial charge in [-0.2, -0.15) is 14.0 Å². The smallest absolute Gasteiger partial charge is 0.341 e. The van der Waals surface area contributed by atoms with Crippen molar-refractivity contribution in [2.24, 2.45) is 0 Å². The van der Waals surface area contributed by atoms with Gasteiger partial charge >= 0.3 is 5.97 Å². The van der Waals surface area contributed by atoms with E-state index < -0.39 is 23.7 Å². The standard InChI is InChI=1S/C17H13F2N3O3S/c1-10(14(23)22-12-5-2-4-11(8-12)9-20)25-16(24)13-6-3-7-21-15(13)26-17(18)19/h2-8,10,17H,1H3,(H,22,23)/t10-/m1/s1. The number of ether oxygens (including phenoxy) is 1. The zero-order chi connectivity index (χ0) is 19.1. The van der Waals surface area contributed by atoms with Gasteiger partial charge < -0.3 is 10.1 Å². The SMILES string of the molecule is C[C@@H](OC(=O)c1cccnc1SC(F)F)C(=O)Nc1cccc(C#N)c1. The van der Waals surface area contributed by atoms with Gasteiger partial charge in [0.15, 0.2) is 6.10 Å². The highest BCUT2D eigenvalue weighted by Gasteiger charge is 2.23. The second kappa shape index (κ2) is 8.92. The molecule has 0 fully saturated rings. The molecule has 0 saturated heterocycles. The van der Waals surface area contributed by atoms with Crippen LogP contribution >= 0.6 is 11.8 Å². The number of aromatic nitrogens is 1. The van der Waals surface area contributed by atoms with Crippen LogP contribution in [0.4, 0.5) is 14.5 Å². The van der Waals surface area contributed by atoms with Gasteiger partial charge in [-0.05, 0) is 49.0 Å². The second-order valence-electron chi connectivity index (χ2n) is 4.96. The Morgan fingerprint density at radius 1 is 1.31 bits per heavy atom. The molecular formula is C17H13F2N3O3S. The highest BCUT2D eigenvalue weighted by atomic mass is 32.2. The molecule has 0 aliphatic rings. The Labute approximate surface area is 152 Å². The molecule has 1 amide bonds. The van der Waals surface area contributed by atoms with Crippen LogP contribution in [0.1, 0.15) is 22.8 Å². The predicted molar refractivity (Wildman–Crippen MR) is 90.8 cm³/mol. The number of esters is 1. The molecule has 2 aromatic rings. The van der Waals surface area contributed by atoms with Gasteiger partial charge in [0.1, 0.15) is 5.03 Å². The van der Waals surface area contributed by atoms with Crippen molar-refractivity contribution < 1.29 is 23.1 Å². The van der Waals surface area contributed by atoms with Crippen molar-refractivity contribution in [2.75, 3.05) is 5.32 Å². The van der Waals surface area contributed by atoms with Crippen molar-refractivity contribution in [3.8, 4) is 6.07 Å². The fourth-order valence-corrected chi connectivity index (χ4v) is 2.48. The molecule has 1 N–H and O–H groups in total. The molecule has 0 unspecified atom stereocenters. The van der Waals surface area contributed by atoms with E-state index in [2.05, 4.69) is 10.3 Å². The van der Waals surface area contributed by atoms with Crippen LogP contribution in [0, 0.1) is 11.3 Å². The molecule has 0 spiro atoms. The average molecular weight is 377 g/mol. The van der Waals surface area contributed by atoms with Crippen molar-refractivity contribution >= 4 is 29.3 Å². The van der Waals surface area contributed by atoms with E-state index in [-0.39, 0.29) is 22.4 Å². The molecule has 0 aliphatic heterocycles. The summed E-state index contributed by atoms with van der Waals surface area (Å²) in [5, 5.41) is 11.2. The summed E-state index contributed by atoms with van der Waals surface area (Å²) >= 11 is 0.119.